The number of nitrogens with one attached hydrogen (secondary N) is 1. The summed E-state index contributed by atoms with van der Waals surface area (Å²) in [5.74, 6) is 1.82. The van der Waals surface area contributed by atoms with E-state index >= 15 is 0 Å². The summed E-state index contributed by atoms with van der Waals surface area (Å²) in [6, 6.07) is 17.5. The van der Waals surface area contributed by atoms with Gasteiger partial charge in [-0.2, -0.15) is 5.10 Å². The fourth-order valence-corrected chi connectivity index (χ4v) is 3.34. The molecule has 0 aliphatic heterocycles. The molecule has 4 aromatic rings. The van der Waals surface area contributed by atoms with Crippen molar-refractivity contribution in [1.82, 2.24) is 19.7 Å². The van der Waals surface area contributed by atoms with Crippen LogP contribution in [-0.4, -0.2) is 31.3 Å². The predicted molar refractivity (Wildman–Crippen MR) is 130 cm³/mol. The van der Waals surface area contributed by atoms with Gasteiger partial charge in [0.15, 0.2) is 11.4 Å². The number of hydrogen-bond acceptors (Lipinski definition) is 6. The summed E-state index contributed by atoms with van der Waals surface area (Å²) in [7, 11) is 0. The molecule has 0 saturated heterocycles. The molecule has 0 aliphatic rings. The Morgan fingerprint density at radius 2 is 1.65 bits per heavy atom. The van der Waals surface area contributed by atoms with E-state index in [2.05, 4.69) is 20.4 Å². The highest BCUT2D eigenvalue weighted by Gasteiger charge is 2.30. The Labute approximate surface area is 202 Å². The lowest BCUT2D eigenvalue weighted by Crippen LogP contribution is -2.42. The Balaban J connectivity index is 1.40. The summed E-state index contributed by atoms with van der Waals surface area (Å²) < 4.78 is 13.4. The number of nitrogens with zero attached hydrogens (tertiary/aromatic N) is 4. The second kappa shape index (κ2) is 9.52. The van der Waals surface area contributed by atoms with E-state index in [9.17, 15) is 4.79 Å². The van der Waals surface area contributed by atoms with Crippen LogP contribution in [0.3, 0.4) is 0 Å². The van der Waals surface area contributed by atoms with Crippen LogP contribution in [0.25, 0.3) is 5.82 Å². The van der Waals surface area contributed by atoms with E-state index in [0.29, 0.717) is 33.9 Å². The van der Waals surface area contributed by atoms with Crippen molar-refractivity contribution >= 4 is 23.2 Å². The SMILES string of the molecule is Cc1cc(C)n(-c2cc(Oc3ccc(NC(=O)C(C)(C)Oc4ccc(Cl)cc4)cc3)ncn2)n1. The van der Waals surface area contributed by atoms with E-state index in [1.54, 1.807) is 73.1 Å². The third-order valence-electron chi connectivity index (χ3n) is 4.92. The highest BCUT2D eigenvalue weighted by Crippen LogP contribution is 2.25. The molecule has 0 radical (unpaired) electrons. The van der Waals surface area contributed by atoms with Gasteiger partial charge in [0.1, 0.15) is 17.8 Å². The van der Waals surface area contributed by atoms with Crippen molar-refractivity contribution in [3.63, 3.8) is 0 Å². The van der Waals surface area contributed by atoms with Gasteiger partial charge in [-0.05, 0) is 82.3 Å². The van der Waals surface area contributed by atoms with E-state index in [0.717, 1.165) is 11.4 Å². The fourth-order valence-electron chi connectivity index (χ4n) is 3.21. The van der Waals surface area contributed by atoms with Gasteiger partial charge in [0.25, 0.3) is 5.91 Å². The first kappa shape index (κ1) is 23.3. The summed E-state index contributed by atoms with van der Waals surface area (Å²) in [5.41, 5.74) is 1.38. The lowest BCUT2D eigenvalue weighted by molar-refractivity contribution is -0.128. The molecular weight excluding hydrogens is 454 g/mol. The van der Waals surface area contributed by atoms with E-state index < -0.39 is 5.60 Å². The molecule has 8 nitrogen and oxygen atoms in total. The number of benzene rings is 2. The molecule has 0 aliphatic carbocycles. The van der Waals surface area contributed by atoms with E-state index in [1.807, 2.05) is 19.9 Å². The molecule has 2 aromatic carbocycles. The Hall–Kier alpha value is -3.91. The van der Waals surface area contributed by atoms with Crippen molar-refractivity contribution in [3.05, 3.63) is 83.4 Å². The van der Waals surface area contributed by atoms with Gasteiger partial charge >= 0.3 is 0 Å². The summed E-state index contributed by atoms with van der Waals surface area (Å²) in [6.45, 7) is 7.28. The number of ether oxygens (including phenoxy) is 2. The largest absolute Gasteiger partial charge is 0.478 e. The normalized spacial score (nSPS) is 11.2. The van der Waals surface area contributed by atoms with Crippen molar-refractivity contribution in [1.29, 1.82) is 0 Å². The third-order valence-corrected chi connectivity index (χ3v) is 5.17. The first-order chi connectivity index (χ1) is 16.2. The monoisotopic (exact) mass is 477 g/mol. The molecule has 2 aromatic heterocycles. The number of aromatic nitrogens is 4. The minimum atomic E-state index is -1.09. The minimum Gasteiger partial charge on any atom is -0.478 e. The first-order valence-corrected chi connectivity index (χ1v) is 11.0. The van der Waals surface area contributed by atoms with Crippen molar-refractivity contribution in [2.75, 3.05) is 5.32 Å². The summed E-state index contributed by atoms with van der Waals surface area (Å²) in [6.07, 6.45) is 1.43. The zero-order chi connectivity index (χ0) is 24.3. The van der Waals surface area contributed by atoms with Gasteiger partial charge in [-0.15, -0.1) is 0 Å². The van der Waals surface area contributed by atoms with Crippen molar-refractivity contribution in [2.45, 2.75) is 33.3 Å². The number of amides is 1. The van der Waals surface area contributed by atoms with E-state index in [1.165, 1.54) is 6.33 Å². The zero-order valence-electron chi connectivity index (χ0n) is 19.2. The van der Waals surface area contributed by atoms with Crippen LogP contribution in [0.4, 0.5) is 5.69 Å². The smallest absolute Gasteiger partial charge is 0.267 e. The number of hydrogen-bond donors (Lipinski definition) is 1. The zero-order valence-corrected chi connectivity index (χ0v) is 20.0. The molecule has 0 bridgehead atoms. The van der Waals surface area contributed by atoms with Crippen LogP contribution in [-0.2, 0) is 4.79 Å². The molecule has 1 N–H and O–H groups in total. The molecule has 4 rings (SSSR count). The van der Waals surface area contributed by atoms with Crippen LogP contribution in [0.15, 0.2) is 67.0 Å². The number of halogens is 1. The highest BCUT2D eigenvalue weighted by molar-refractivity contribution is 6.30. The number of carbonyl (C=O) groups excluding carboxylic acids is 1. The van der Waals surface area contributed by atoms with Crippen LogP contribution >= 0.6 is 11.6 Å². The van der Waals surface area contributed by atoms with Crippen LogP contribution in [0, 0.1) is 13.8 Å². The maximum absolute atomic E-state index is 12.8. The number of carbonyl (C=O) groups is 1. The first-order valence-electron chi connectivity index (χ1n) is 10.6. The number of aryl methyl sites for hydroxylation is 2. The average Bonchev–Trinajstić information content (AvgIpc) is 3.14. The Bertz CT molecular complexity index is 1300. The van der Waals surface area contributed by atoms with Gasteiger partial charge in [0.05, 0.1) is 5.69 Å². The van der Waals surface area contributed by atoms with E-state index in [4.69, 9.17) is 21.1 Å². The van der Waals surface area contributed by atoms with Crippen LogP contribution < -0.4 is 14.8 Å². The van der Waals surface area contributed by atoms with Crippen LogP contribution in [0.2, 0.25) is 5.02 Å². The molecule has 174 valence electrons. The van der Waals surface area contributed by atoms with Gasteiger partial charge in [0, 0.05) is 22.5 Å². The second-order valence-electron chi connectivity index (χ2n) is 8.20. The number of anilines is 1. The van der Waals surface area contributed by atoms with Gasteiger partial charge in [-0.1, -0.05) is 11.6 Å². The van der Waals surface area contributed by atoms with E-state index in [-0.39, 0.29) is 5.91 Å². The quantitative estimate of drug-likeness (QED) is 0.377. The average molecular weight is 478 g/mol. The highest BCUT2D eigenvalue weighted by atomic mass is 35.5. The summed E-state index contributed by atoms with van der Waals surface area (Å²) >= 11 is 5.90. The molecule has 1 amide bonds. The van der Waals surface area contributed by atoms with Crippen molar-refractivity contribution < 1.29 is 14.3 Å². The Morgan fingerprint density at radius 3 is 2.29 bits per heavy atom. The van der Waals surface area contributed by atoms with Crippen LogP contribution in [0.1, 0.15) is 25.2 Å². The Morgan fingerprint density at radius 1 is 0.971 bits per heavy atom. The van der Waals surface area contributed by atoms with Crippen LogP contribution in [0.5, 0.6) is 17.4 Å². The molecular formula is C25H24ClN5O3. The van der Waals surface area contributed by atoms with Crippen molar-refractivity contribution in [3.8, 4) is 23.2 Å². The summed E-state index contributed by atoms with van der Waals surface area (Å²) in [4.78, 5) is 21.2. The molecule has 34 heavy (non-hydrogen) atoms. The lowest BCUT2D eigenvalue weighted by atomic mass is 10.1. The molecule has 0 saturated carbocycles. The van der Waals surface area contributed by atoms with Gasteiger partial charge < -0.3 is 14.8 Å². The molecule has 0 unspecified atom stereocenters. The lowest BCUT2D eigenvalue weighted by Gasteiger charge is -2.25. The third kappa shape index (κ3) is 5.52. The van der Waals surface area contributed by atoms with Gasteiger partial charge in [0.2, 0.25) is 5.88 Å². The molecule has 0 fully saturated rings. The minimum absolute atomic E-state index is 0.290. The maximum Gasteiger partial charge on any atom is 0.267 e. The second-order valence-corrected chi connectivity index (χ2v) is 8.64. The maximum atomic E-state index is 12.8. The predicted octanol–water partition coefficient (Wildman–Crippen LogP) is 5.52. The molecule has 2 heterocycles. The number of rotatable bonds is 7. The fraction of sp³-hybridized carbons (Fsp3) is 0.200. The van der Waals surface area contributed by atoms with Gasteiger partial charge in [-0.3, -0.25) is 4.79 Å². The standard InChI is InChI=1S/C25H24ClN5O3/c1-16-13-17(2)31(30-16)22-14-23(28-15-27-22)33-20-11-7-19(8-12-20)29-24(32)25(3,4)34-21-9-5-18(26)6-10-21/h5-15H,1-4H3,(H,29,32). The van der Waals surface area contributed by atoms with Crippen molar-refractivity contribution in [2.24, 2.45) is 0 Å². The Kier molecular flexibility index (Phi) is 6.51. The summed E-state index contributed by atoms with van der Waals surface area (Å²) in [5, 5.41) is 7.89. The molecule has 9 heteroatoms. The molecule has 0 spiro atoms. The topological polar surface area (TPSA) is 91.2 Å². The molecule has 0 atom stereocenters. The van der Waals surface area contributed by atoms with Gasteiger partial charge in [-0.25, -0.2) is 14.6 Å².